The summed E-state index contributed by atoms with van der Waals surface area (Å²) in [5, 5.41) is 5.36. The molecule has 0 radical (unpaired) electrons. The van der Waals surface area contributed by atoms with Gasteiger partial charge in [-0.25, -0.2) is 9.47 Å². The van der Waals surface area contributed by atoms with Gasteiger partial charge in [0.1, 0.15) is 0 Å². The van der Waals surface area contributed by atoms with Gasteiger partial charge in [-0.3, -0.25) is 0 Å². The molecule has 0 amide bonds. The predicted octanol–water partition coefficient (Wildman–Crippen LogP) is -0.129. The number of H-pyrrole nitrogens is 1. The topological polar surface area (TPSA) is 53.1 Å². The molecule has 1 fully saturated rings. The maximum atomic E-state index is 11.9. The van der Waals surface area contributed by atoms with Crippen molar-refractivity contribution in [2.45, 2.75) is 0 Å². The highest BCUT2D eigenvalue weighted by atomic mass is 16.2. The Morgan fingerprint density at radius 3 is 2.69 bits per heavy atom. The Kier molecular flexibility index (Phi) is 2.18. The molecule has 5 heteroatoms. The van der Waals surface area contributed by atoms with Crippen LogP contribution in [0.1, 0.15) is 0 Å². The van der Waals surface area contributed by atoms with Gasteiger partial charge >= 0.3 is 5.69 Å². The molecule has 3 rings (SSSR count). The minimum absolute atomic E-state index is 0.0527. The summed E-state index contributed by atoms with van der Waals surface area (Å²) in [5.41, 5.74) is 1.79. The van der Waals surface area contributed by atoms with Crippen molar-refractivity contribution < 1.29 is 0 Å². The van der Waals surface area contributed by atoms with E-state index in [0.717, 1.165) is 37.2 Å². The summed E-state index contributed by atoms with van der Waals surface area (Å²) in [5.74, 6) is 0. The van der Waals surface area contributed by atoms with Crippen molar-refractivity contribution in [3.8, 4) is 0 Å². The molecular weight excluding hydrogens is 204 g/mol. The zero-order valence-corrected chi connectivity index (χ0v) is 8.94. The largest absolute Gasteiger partial charge is 0.345 e. The van der Waals surface area contributed by atoms with E-state index < -0.39 is 0 Å². The predicted molar refractivity (Wildman–Crippen MR) is 63.4 cm³/mol. The number of nitrogens with one attached hydrogen (secondary N) is 2. The minimum Gasteiger partial charge on any atom is -0.313 e. The lowest BCUT2D eigenvalue weighted by Gasteiger charge is -2.29. The Balaban J connectivity index is 2.14. The van der Waals surface area contributed by atoms with Crippen molar-refractivity contribution in [3.05, 3.63) is 34.7 Å². The second-order valence-corrected chi connectivity index (χ2v) is 3.96. The fourth-order valence-electron chi connectivity index (χ4n) is 2.18. The highest BCUT2D eigenvalue weighted by molar-refractivity contribution is 5.75. The molecule has 5 nitrogen and oxygen atoms in total. The van der Waals surface area contributed by atoms with Crippen molar-refractivity contribution >= 4 is 11.0 Å². The summed E-state index contributed by atoms with van der Waals surface area (Å²) in [6.07, 6.45) is 0. The number of nitrogens with zero attached hydrogens (tertiary/aromatic N) is 2. The van der Waals surface area contributed by atoms with Crippen LogP contribution in [0.5, 0.6) is 0 Å². The zero-order valence-electron chi connectivity index (χ0n) is 8.94. The molecule has 84 valence electrons. The standard InChI is InChI=1S/C11H14N4O/c16-11-13-9-3-1-2-4-10(9)15(11)14-7-5-12-6-8-14/h1-4,12H,5-8H2,(H,13,16). The number of fused-ring (bicyclic) bond motifs is 1. The van der Waals surface area contributed by atoms with Crippen LogP contribution < -0.4 is 16.0 Å². The lowest BCUT2D eigenvalue weighted by Crippen LogP contribution is -2.52. The van der Waals surface area contributed by atoms with E-state index in [4.69, 9.17) is 0 Å². The average molecular weight is 218 g/mol. The summed E-state index contributed by atoms with van der Waals surface area (Å²) in [6, 6.07) is 7.78. The summed E-state index contributed by atoms with van der Waals surface area (Å²) >= 11 is 0. The van der Waals surface area contributed by atoms with Crippen LogP contribution in [0, 0.1) is 0 Å². The van der Waals surface area contributed by atoms with Gasteiger partial charge in [0.2, 0.25) is 0 Å². The molecule has 16 heavy (non-hydrogen) atoms. The van der Waals surface area contributed by atoms with Crippen LogP contribution in [0.3, 0.4) is 0 Å². The van der Waals surface area contributed by atoms with E-state index in [1.165, 1.54) is 0 Å². The highest BCUT2D eigenvalue weighted by Crippen LogP contribution is 2.09. The minimum atomic E-state index is -0.0527. The molecule has 0 atom stereocenters. The number of para-hydroxylation sites is 2. The Morgan fingerprint density at radius 1 is 1.12 bits per heavy atom. The Hall–Kier alpha value is -1.75. The maximum Gasteiger partial charge on any atom is 0.345 e. The van der Waals surface area contributed by atoms with E-state index in [1.807, 2.05) is 24.3 Å². The van der Waals surface area contributed by atoms with E-state index in [1.54, 1.807) is 4.68 Å². The number of benzene rings is 1. The summed E-state index contributed by atoms with van der Waals surface area (Å²) in [7, 11) is 0. The van der Waals surface area contributed by atoms with E-state index in [2.05, 4.69) is 15.3 Å². The molecule has 0 unspecified atom stereocenters. The molecule has 2 N–H and O–H groups in total. The monoisotopic (exact) mass is 218 g/mol. The van der Waals surface area contributed by atoms with Crippen molar-refractivity contribution in [2.75, 3.05) is 31.2 Å². The van der Waals surface area contributed by atoms with E-state index >= 15 is 0 Å². The average Bonchev–Trinajstić information content (AvgIpc) is 2.66. The van der Waals surface area contributed by atoms with Gasteiger partial charge in [0.15, 0.2) is 0 Å². The van der Waals surface area contributed by atoms with E-state index in [-0.39, 0.29) is 5.69 Å². The van der Waals surface area contributed by atoms with Crippen LogP contribution in [0.4, 0.5) is 0 Å². The Bertz CT molecular complexity index is 550. The number of rotatable bonds is 1. The third kappa shape index (κ3) is 1.40. The zero-order chi connectivity index (χ0) is 11.0. The van der Waals surface area contributed by atoms with Crippen LogP contribution in [0.15, 0.2) is 29.1 Å². The van der Waals surface area contributed by atoms with Gasteiger partial charge < -0.3 is 15.3 Å². The molecule has 1 aromatic carbocycles. The third-order valence-electron chi connectivity index (χ3n) is 2.94. The summed E-state index contributed by atoms with van der Waals surface area (Å²) in [4.78, 5) is 14.8. The molecule has 1 aliphatic heterocycles. The SMILES string of the molecule is O=c1[nH]c2ccccc2n1N1CCNCC1. The molecule has 2 aromatic rings. The van der Waals surface area contributed by atoms with Crippen LogP contribution in [-0.4, -0.2) is 35.8 Å². The fraction of sp³-hybridized carbons (Fsp3) is 0.364. The van der Waals surface area contributed by atoms with Gasteiger partial charge in [0.25, 0.3) is 0 Å². The van der Waals surface area contributed by atoms with Crippen LogP contribution >= 0.6 is 0 Å². The third-order valence-corrected chi connectivity index (χ3v) is 2.94. The number of aromatic amines is 1. The van der Waals surface area contributed by atoms with Crippen LogP contribution in [0.25, 0.3) is 11.0 Å². The lowest BCUT2D eigenvalue weighted by atomic mass is 10.3. The Labute approximate surface area is 92.6 Å². The molecular formula is C11H14N4O. The second-order valence-electron chi connectivity index (χ2n) is 3.96. The molecule has 0 bridgehead atoms. The van der Waals surface area contributed by atoms with Gasteiger partial charge in [-0.15, -0.1) is 0 Å². The van der Waals surface area contributed by atoms with E-state index in [9.17, 15) is 4.79 Å². The van der Waals surface area contributed by atoms with Gasteiger partial charge in [-0.05, 0) is 12.1 Å². The van der Waals surface area contributed by atoms with Crippen LogP contribution in [0.2, 0.25) is 0 Å². The molecule has 1 aliphatic rings. The first-order valence-corrected chi connectivity index (χ1v) is 5.52. The Morgan fingerprint density at radius 2 is 1.88 bits per heavy atom. The normalized spacial score (nSPS) is 16.9. The van der Waals surface area contributed by atoms with Gasteiger partial charge in [0.05, 0.1) is 11.0 Å². The summed E-state index contributed by atoms with van der Waals surface area (Å²) in [6.45, 7) is 3.57. The van der Waals surface area contributed by atoms with Crippen molar-refractivity contribution in [3.63, 3.8) is 0 Å². The fourth-order valence-corrected chi connectivity index (χ4v) is 2.18. The smallest absolute Gasteiger partial charge is 0.313 e. The quantitative estimate of drug-likeness (QED) is 0.701. The first-order chi connectivity index (χ1) is 7.86. The molecule has 0 spiro atoms. The molecule has 1 saturated heterocycles. The number of aromatic nitrogens is 2. The number of imidazole rings is 1. The maximum absolute atomic E-state index is 11.9. The molecule has 0 saturated carbocycles. The van der Waals surface area contributed by atoms with Gasteiger partial charge in [0, 0.05) is 26.2 Å². The van der Waals surface area contributed by atoms with E-state index in [0.29, 0.717) is 0 Å². The number of piperazine rings is 1. The first kappa shape index (κ1) is 9.47. The molecule has 1 aromatic heterocycles. The van der Waals surface area contributed by atoms with Crippen molar-refractivity contribution in [2.24, 2.45) is 0 Å². The number of hydrogen-bond acceptors (Lipinski definition) is 3. The van der Waals surface area contributed by atoms with Crippen molar-refractivity contribution in [1.29, 1.82) is 0 Å². The second kappa shape index (κ2) is 3.68. The first-order valence-electron chi connectivity index (χ1n) is 5.52. The van der Waals surface area contributed by atoms with Gasteiger partial charge in [-0.2, -0.15) is 0 Å². The van der Waals surface area contributed by atoms with Gasteiger partial charge in [-0.1, -0.05) is 12.1 Å². The summed E-state index contributed by atoms with van der Waals surface area (Å²) < 4.78 is 1.75. The molecule has 2 heterocycles. The van der Waals surface area contributed by atoms with Crippen molar-refractivity contribution in [1.82, 2.24) is 15.0 Å². The lowest BCUT2D eigenvalue weighted by molar-refractivity contribution is 0.491. The number of hydrogen-bond donors (Lipinski definition) is 2. The molecule has 0 aliphatic carbocycles. The highest BCUT2D eigenvalue weighted by Gasteiger charge is 2.15. The van der Waals surface area contributed by atoms with Crippen LogP contribution in [-0.2, 0) is 0 Å².